The standard InChI is InChI=1S/C53H66FN7O9S/c1-33(2)38-9-6-7-10-39(38)40-11-8-12-45(40)60-31-53(32-60)21-23-59(24-22-53)36-13-15-41(47(25-36)70-48-27-42-43(54)29-56-49(42)57-51(48)69-30-34(3)68-5)50(62)58-71(66,67)37-14-16-44(46(26-37)61(64)65)55-28-35-17-19-52(4,63)20-18-35/h6-7,9-10,13-16,25-27,29,33-35,40,45,55,63H,8,11-12,17-24,28,30-32H2,1-5H3,(H,56,57)(H,58,62)/t34-,35-,40-,45?,52-/m1/s1. The predicted molar refractivity (Wildman–Crippen MR) is 270 cm³/mol. The number of aromatic nitrogens is 2. The average Bonchev–Trinajstić information content (AvgIpc) is 3.97. The molecule has 380 valence electrons. The molecule has 4 aliphatic rings. The molecule has 1 amide bonds. The van der Waals surface area contributed by atoms with Gasteiger partial charge in [-0.2, -0.15) is 4.98 Å². The molecule has 9 rings (SSSR count). The number of nitro groups is 1. The van der Waals surface area contributed by atoms with E-state index < -0.39 is 42.9 Å². The van der Waals surface area contributed by atoms with Gasteiger partial charge in [-0.15, -0.1) is 0 Å². The summed E-state index contributed by atoms with van der Waals surface area (Å²) in [7, 11) is -3.15. The Kier molecular flexibility index (Phi) is 14.4. The van der Waals surface area contributed by atoms with Gasteiger partial charge in [-0.1, -0.05) is 44.5 Å². The molecular weight excluding hydrogens is 930 g/mol. The molecular formula is C53H66FN7O9S. The number of halogens is 1. The number of carbonyl (C=O) groups is 1. The minimum Gasteiger partial charge on any atom is -0.472 e. The van der Waals surface area contributed by atoms with Crippen LogP contribution < -0.4 is 24.4 Å². The third-order valence-corrected chi connectivity index (χ3v) is 16.9. The first-order valence-corrected chi connectivity index (χ1v) is 26.4. The van der Waals surface area contributed by atoms with Crippen molar-refractivity contribution in [1.82, 2.24) is 19.6 Å². The minimum atomic E-state index is -4.69. The number of ether oxygens (including phenoxy) is 3. The van der Waals surface area contributed by atoms with Crippen molar-refractivity contribution in [3.05, 3.63) is 106 Å². The monoisotopic (exact) mass is 995 g/mol. The summed E-state index contributed by atoms with van der Waals surface area (Å²) in [4.78, 5) is 37.6. The van der Waals surface area contributed by atoms with E-state index in [2.05, 4.69) is 67.9 Å². The molecule has 2 saturated heterocycles. The van der Waals surface area contributed by atoms with Crippen LogP contribution in [-0.2, 0) is 14.8 Å². The number of benzene rings is 3. The minimum absolute atomic E-state index is 0.0179. The van der Waals surface area contributed by atoms with E-state index in [0.717, 1.165) is 69.8 Å². The Morgan fingerprint density at radius 1 is 1.00 bits per heavy atom. The molecule has 0 bridgehead atoms. The highest BCUT2D eigenvalue weighted by molar-refractivity contribution is 7.90. The summed E-state index contributed by atoms with van der Waals surface area (Å²) >= 11 is 0. The second kappa shape index (κ2) is 20.4. The second-order valence-corrected chi connectivity index (χ2v) is 22.6. The largest absolute Gasteiger partial charge is 0.472 e. The third kappa shape index (κ3) is 10.9. The summed E-state index contributed by atoms with van der Waals surface area (Å²) in [6.45, 7) is 12.2. The van der Waals surface area contributed by atoms with E-state index in [1.807, 2.05) is 0 Å². The average molecular weight is 996 g/mol. The maximum absolute atomic E-state index is 15.1. The highest BCUT2D eigenvalue weighted by Gasteiger charge is 2.49. The number of fused-ring (bicyclic) bond motifs is 1. The number of carbonyl (C=O) groups excluding carboxylic acids is 1. The maximum Gasteiger partial charge on any atom is 0.293 e. The highest BCUT2D eigenvalue weighted by Crippen LogP contribution is 2.49. The first kappa shape index (κ1) is 50.1. The Bertz CT molecular complexity index is 2870. The molecule has 5 aromatic rings. The topological polar surface area (TPSA) is 201 Å². The number of rotatable bonds is 17. The van der Waals surface area contributed by atoms with Gasteiger partial charge in [0.2, 0.25) is 0 Å². The fourth-order valence-electron chi connectivity index (χ4n) is 11.2. The number of aliphatic hydroxyl groups is 1. The molecule has 3 atom stereocenters. The second-order valence-electron chi connectivity index (χ2n) is 20.9. The lowest BCUT2D eigenvalue weighted by Gasteiger charge is -2.57. The Hall–Kier alpha value is -5.82. The first-order valence-electron chi connectivity index (χ1n) is 25.0. The molecule has 18 heteroatoms. The molecule has 1 spiro atoms. The number of aromatic amines is 1. The first-order chi connectivity index (χ1) is 33.9. The van der Waals surface area contributed by atoms with Crippen LogP contribution in [0.3, 0.4) is 0 Å². The maximum atomic E-state index is 15.1. The van der Waals surface area contributed by atoms with Crippen molar-refractivity contribution in [2.45, 2.75) is 120 Å². The third-order valence-electron chi connectivity index (χ3n) is 15.5. The van der Waals surface area contributed by atoms with Gasteiger partial charge in [0, 0.05) is 76.0 Å². The number of piperidine rings is 1. The van der Waals surface area contributed by atoms with Crippen LogP contribution in [0.5, 0.6) is 17.4 Å². The zero-order valence-corrected chi connectivity index (χ0v) is 42.0. The van der Waals surface area contributed by atoms with Crippen molar-refractivity contribution in [2.24, 2.45) is 11.3 Å². The number of nitrogens with one attached hydrogen (secondary N) is 3. The SMILES string of the molecule is CO[C@H](C)COc1nc2[nH]cc(F)c2cc1Oc1cc(N2CCC3(CC2)CN(C2CCC[C@@H]2c2ccccc2C(C)C)C3)ccc1C(=O)NS(=O)(=O)c1ccc(NC[C@H]2CC[C@](C)(O)CC2)c([N+](=O)[O-])c1. The molecule has 2 saturated carbocycles. The number of hydrogen-bond donors (Lipinski definition) is 4. The van der Waals surface area contributed by atoms with E-state index in [4.69, 9.17) is 14.2 Å². The molecule has 2 aliphatic heterocycles. The summed E-state index contributed by atoms with van der Waals surface area (Å²) in [5.74, 6) is -0.564. The number of hydrogen-bond acceptors (Lipinski definition) is 13. The van der Waals surface area contributed by atoms with Crippen LogP contribution >= 0.6 is 0 Å². The lowest BCUT2D eigenvalue weighted by atomic mass is 9.70. The molecule has 4 heterocycles. The van der Waals surface area contributed by atoms with Crippen LogP contribution in [0.15, 0.2) is 77.8 Å². The number of amides is 1. The Balaban J connectivity index is 0.951. The van der Waals surface area contributed by atoms with Gasteiger partial charge in [-0.3, -0.25) is 19.8 Å². The van der Waals surface area contributed by atoms with Crippen molar-refractivity contribution in [1.29, 1.82) is 0 Å². The van der Waals surface area contributed by atoms with Crippen LogP contribution in [0.4, 0.5) is 21.5 Å². The molecule has 2 aliphatic carbocycles. The van der Waals surface area contributed by atoms with Crippen LogP contribution in [0.2, 0.25) is 0 Å². The lowest BCUT2D eigenvalue weighted by Crippen LogP contribution is -2.63. The van der Waals surface area contributed by atoms with E-state index in [0.29, 0.717) is 37.3 Å². The summed E-state index contributed by atoms with van der Waals surface area (Å²) in [5.41, 5.74) is 2.84. The molecule has 3 aromatic carbocycles. The van der Waals surface area contributed by atoms with Crippen molar-refractivity contribution in [3.63, 3.8) is 0 Å². The number of nitro benzene ring substituents is 1. The Morgan fingerprint density at radius 2 is 1.75 bits per heavy atom. The van der Waals surface area contributed by atoms with Crippen molar-refractivity contribution in [2.75, 3.05) is 56.7 Å². The molecule has 1 unspecified atom stereocenters. The van der Waals surface area contributed by atoms with Gasteiger partial charge in [0.1, 0.15) is 29.5 Å². The highest BCUT2D eigenvalue weighted by atomic mass is 32.2. The van der Waals surface area contributed by atoms with E-state index >= 15 is 4.39 Å². The molecule has 0 radical (unpaired) electrons. The number of methoxy groups -OCH3 is 1. The Labute approximate surface area is 414 Å². The van der Waals surface area contributed by atoms with E-state index in [1.54, 1.807) is 26.0 Å². The number of H-pyrrole nitrogens is 1. The Morgan fingerprint density at radius 3 is 2.46 bits per heavy atom. The normalized spacial score (nSPS) is 22.9. The predicted octanol–water partition coefficient (Wildman–Crippen LogP) is 9.65. The number of nitrogens with zero attached hydrogens (tertiary/aromatic N) is 4. The van der Waals surface area contributed by atoms with Gasteiger partial charge in [0.05, 0.1) is 32.5 Å². The fourth-order valence-corrected chi connectivity index (χ4v) is 12.2. The quantitative estimate of drug-likeness (QED) is 0.0507. The van der Waals surface area contributed by atoms with E-state index in [9.17, 15) is 28.4 Å². The number of likely N-dealkylation sites (tertiary alicyclic amines) is 1. The number of anilines is 2. The fraction of sp³-hybridized carbons (Fsp3) is 0.509. The zero-order valence-electron chi connectivity index (χ0n) is 41.2. The molecule has 4 N–H and O–H groups in total. The van der Waals surface area contributed by atoms with Gasteiger partial charge in [0.25, 0.3) is 27.5 Å². The van der Waals surface area contributed by atoms with Crippen molar-refractivity contribution < 1.29 is 41.8 Å². The summed E-state index contributed by atoms with van der Waals surface area (Å²) in [6, 6.07) is 19.2. The summed E-state index contributed by atoms with van der Waals surface area (Å²) < 4.78 is 62.9. The van der Waals surface area contributed by atoms with Crippen molar-refractivity contribution >= 4 is 44.0 Å². The summed E-state index contributed by atoms with van der Waals surface area (Å²) in [5, 5.41) is 25.8. The van der Waals surface area contributed by atoms with Gasteiger partial charge in [0.15, 0.2) is 5.75 Å². The molecule has 4 fully saturated rings. The van der Waals surface area contributed by atoms with Crippen LogP contribution in [0.25, 0.3) is 11.0 Å². The van der Waals surface area contributed by atoms with E-state index in [1.165, 1.54) is 61.8 Å². The van der Waals surface area contributed by atoms with Gasteiger partial charge in [-0.25, -0.2) is 17.5 Å². The summed E-state index contributed by atoms with van der Waals surface area (Å²) in [6.07, 6.45) is 9.09. The van der Waals surface area contributed by atoms with Crippen LogP contribution in [0.1, 0.15) is 119 Å². The van der Waals surface area contributed by atoms with Crippen LogP contribution in [0, 0.1) is 27.3 Å². The lowest BCUT2D eigenvalue weighted by molar-refractivity contribution is -0.384. The number of sulfonamides is 1. The van der Waals surface area contributed by atoms with Gasteiger partial charge < -0.3 is 34.5 Å². The van der Waals surface area contributed by atoms with Crippen molar-refractivity contribution in [3.8, 4) is 17.4 Å². The smallest absolute Gasteiger partial charge is 0.293 e. The molecule has 71 heavy (non-hydrogen) atoms. The van der Waals surface area contributed by atoms with E-state index in [-0.39, 0.29) is 63.7 Å². The molecule has 2 aromatic heterocycles. The molecule has 16 nitrogen and oxygen atoms in total. The van der Waals surface area contributed by atoms with Gasteiger partial charge >= 0.3 is 0 Å². The van der Waals surface area contributed by atoms with Crippen LogP contribution in [-0.4, -0.2) is 103 Å². The zero-order chi connectivity index (χ0) is 50.2. The van der Waals surface area contributed by atoms with Gasteiger partial charge in [-0.05, 0) is 124 Å². The number of pyridine rings is 1.